The van der Waals surface area contributed by atoms with Crippen LogP contribution in [-0.4, -0.2) is 23.9 Å². The van der Waals surface area contributed by atoms with Crippen LogP contribution in [0.1, 0.15) is 24.8 Å². The number of amides is 1. The Balaban J connectivity index is 2.06. The maximum Gasteiger partial charge on any atom is 0.240 e. The lowest BCUT2D eigenvalue weighted by Crippen LogP contribution is -2.40. The van der Waals surface area contributed by atoms with Gasteiger partial charge in [0.25, 0.3) is 0 Å². The van der Waals surface area contributed by atoms with Crippen LogP contribution in [0, 0.1) is 23.1 Å². The topological polar surface area (TPSA) is 44.1 Å². The molecule has 1 aliphatic heterocycles. The van der Waals surface area contributed by atoms with Crippen LogP contribution in [0.5, 0.6) is 0 Å². The minimum atomic E-state index is -0.782. The first kappa shape index (κ1) is 13.5. The molecule has 1 aromatic carbocycles. The highest BCUT2D eigenvalue weighted by atomic mass is 19.1. The zero-order chi connectivity index (χ0) is 13.7. The van der Waals surface area contributed by atoms with Crippen molar-refractivity contribution in [3.05, 3.63) is 35.6 Å². The number of likely N-dealkylation sites (tertiary alicyclic amines) is 1. The summed E-state index contributed by atoms with van der Waals surface area (Å²) in [6.45, 7) is 1.43. The summed E-state index contributed by atoms with van der Waals surface area (Å²) in [6, 6.07) is 8.33. The first-order valence-corrected chi connectivity index (χ1v) is 6.64. The average Bonchev–Trinajstić information content (AvgIpc) is 2.47. The van der Waals surface area contributed by atoms with Crippen LogP contribution in [0.25, 0.3) is 0 Å². The molecule has 100 valence electrons. The Kier molecular flexibility index (Phi) is 4.51. The third-order valence-electron chi connectivity index (χ3n) is 3.50. The summed E-state index contributed by atoms with van der Waals surface area (Å²) in [5.41, 5.74) is 0.430. The van der Waals surface area contributed by atoms with Gasteiger partial charge in [0.15, 0.2) is 0 Å². The number of nitrogens with zero attached hydrogens (tertiary/aromatic N) is 2. The van der Waals surface area contributed by atoms with Gasteiger partial charge in [-0.15, -0.1) is 0 Å². The van der Waals surface area contributed by atoms with E-state index >= 15 is 0 Å². The number of halogens is 1. The van der Waals surface area contributed by atoms with Crippen molar-refractivity contribution < 1.29 is 9.18 Å². The molecular weight excluding hydrogens is 243 g/mol. The smallest absolute Gasteiger partial charge is 0.240 e. The highest BCUT2D eigenvalue weighted by Gasteiger charge is 2.26. The largest absolute Gasteiger partial charge is 0.342 e. The minimum absolute atomic E-state index is 0.151. The van der Waals surface area contributed by atoms with Crippen molar-refractivity contribution in [3.63, 3.8) is 0 Å². The van der Waals surface area contributed by atoms with Crippen molar-refractivity contribution in [2.75, 3.05) is 13.1 Å². The van der Waals surface area contributed by atoms with Crippen LogP contribution in [0.3, 0.4) is 0 Å². The number of rotatable bonds is 3. The average molecular weight is 260 g/mol. The Hall–Kier alpha value is -1.89. The number of piperidine rings is 1. The number of hydrogen-bond acceptors (Lipinski definition) is 2. The Morgan fingerprint density at radius 3 is 2.63 bits per heavy atom. The van der Waals surface area contributed by atoms with Gasteiger partial charge >= 0.3 is 0 Å². The first-order chi connectivity index (χ1) is 9.22. The quantitative estimate of drug-likeness (QED) is 0.838. The standard InChI is InChI=1S/C15H17FN2O/c16-14-7-3-2-6-12(14)10-13(11-17)15(19)18-8-4-1-5-9-18/h2-3,6-7,13H,1,4-5,8-10H2. The van der Waals surface area contributed by atoms with Gasteiger partial charge in [-0.25, -0.2) is 4.39 Å². The van der Waals surface area contributed by atoms with Crippen LogP contribution in [-0.2, 0) is 11.2 Å². The number of benzene rings is 1. The number of nitriles is 1. The van der Waals surface area contributed by atoms with E-state index in [1.807, 2.05) is 6.07 Å². The third-order valence-corrected chi connectivity index (χ3v) is 3.50. The lowest BCUT2D eigenvalue weighted by atomic mass is 9.98. The molecule has 4 heteroatoms. The van der Waals surface area contributed by atoms with Gasteiger partial charge in [0.2, 0.25) is 5.91 Å². The van der Waals surface area contributed by atoms with Gasteiger partial charge < -0.3 is 4.90 Å². The zero-order valence-electron chi connectivity index (χ0n) is 10.8. The van der Waals surface area contributed by atoms with Gasteiger partial charge in [-0.3, -0.25) is 4.79 Å². The van der Waals surface area contributed by atoms with Crippen molar-refractivity contribution in [2.24, 2.45) is 5.92 Å². The summed E-state index contributed by atoms with van der Waals surface area (Å²) in [5, 5.41) is 9.16. The van der Waals surface area contributed by atoms with Gasteiger partial charge in [0, 0.05) is 19.5 Å². The van der Waals surface area contributed by atoms with E-state index in [9.17, 15) is 9.18 Å². The highest BCUT2D eigenvalue weighted by Crippen LogP contribution is 2.17. The molecule has 2 rings (SSSR count). The molecule has 0 saturated carbocycles. The second kappa shape index (κ2) is 6.33. The molecule has 0 radical (unpaired) electrons. The number of carbonyl (C=O) groups is 1. The molecule has 0 bridgehead atoms. The van der Waals surface area contributed by atoms with E-state index in [1.54, 1.807) is 23.1 Å². The van der Waals surface area contributed by atoms with E-state index in [2.05, 4.69) is 0 Å². The van der Waals surface area contributed by atoms with Crippen molar-refractivity contribution in [1.29, 1.82) is 5.26 Å². The molecule has 0 aliphatic carbocycles. The predicted molar refractivity (Wildman–Crippen MR) is 69.6 cm³/mol. The van der Waals surface area contributed by atoms with E-state index in [-0.39, 0.29) is 18.1 Å². The monoisotopic (exact) mass is 260 g/mol. The summed E-state index contributed by atoms with van der Waals surface area (Å²) < 4.78 is 13.6. The second-order valence-electron chi connectivity index (χ2n) is 4.86. The second-order valence-corrected chi connectivity index (χ2v) is 4.86. The fourth-order valence-corrected chi connectivity index (χ4v) is 2.41. The summed E-state index contributed by atoms with van der Waals surface area (Å²) in [6.07, 6.45) is 3.26. The summed E-state index contributed by atoms with van der Waals surface area (Å²) in [5.74, 6) is -1.30. The van der Waals surface area contributed by atoms with Gasteiger partial charge in [-0.2, -0.15) is 5.26 Å². The summed E-state index contributed by atoms with van der Waals surface area (Å²) in [4.78, 5) is 14.0. The Bertz CT molecular complexity index is 489. The molecule has 1 heterocycles. The Labute approximate surface area is 112 Å². The van der Waals surface area contributed by atoms with E-state index in [0.29, 0.717) is 18.7 Å². The molecule has 0 aromatic heterocycles. The van der Waals surface area contributed by atoms with Crippen LogP contribution >= 0.6 is 0 Å². The fraction of sp³-hybridized carbons (Fsp3) is 0.467. The summed E-state index contributed by atoms with van der Waals surface area (Å²) >= 11 is 0. The maximum atomic E-state index is 13.6. The molecule has 1 saturated heterocycles. The highest BCUT2D eigenvalue weighted by molar-refractivity contribution is 5.81. The van der Waals surface area contributed by atoms with Gasteiger partial charge in [-0.1, -0.05) is 18.2 Å². The lowest BCUT2D eigenvalue weighted by Gasteiger charge is -2.28. The van der Waals surface area contributed by atoms with Crippen molar-refractivity contribution in [3.8, 4) is 6.07 Å². The van der Waals surface area contributed by atoms with E-state index in [4.69, 9.17) is 5.26 Å². The fourth-order valence-electron chi connectivity index (χ4n) is 2.41. The Morgan fingerprint density at radius 1 is 1.32 bits per heavy atom. The number of hydrogen-bond donors (Lipinski definition) is 0. The van der Waals surface area contributed by atoms with Gasteiger partial charge in [-0.05, 0) is 30.9 Å². The molecule has 0 spiro atoms. The van der Waals surface area contributed by atoms with Gasteiger partial charge in [0.05, 0.1) is 6.07 Å². The van der Waals surface area contributed by atoms with Crippen LogP contribution in [0.2, 0.25) is 0 Å². The van der Waals surface area contributed by atoms with Crippen molar-refractivity contribution >= 4 is 5.91 Å². The SMILES string of the molecule is N#CC(Cc1ccccc1F)C(=O)N1CCCCC1. The molecule has 1 fully saturated rings. The summed E-state index contributed by atoms with van der Waals surface area (Å²) in [7, 11) is 0. The normalized spacial score (nSPS) is 16.7. The predicted octanol–water partition coefficient (Wildman–Crippen LogP) is 2.52. The zero-order valence-corrected chi connectivity index (χ0v) is 10.8. The first-order valence-electron chi connectivity index (χ1n) is 6.64. The maximum absolute atomic E-state index is 13.6. The molecule has 1 aliphatic rings. The molecule has 1 unspecified atom stereocenters. The molecule has 1 aromatic rings. The van der Waals surface area contributed by atoms with E-state index in [0.717, 1.165) is 19.3 Å². The lowest BCUT2D eigenvalue weighted by molar-refractivity contribution is -0.134. The van der Waals surface area contributed by atoms with Crippen molar-refractivity contribution in [1.82, 2.24) is 4.90 Å². The van der Waals surface area contributed by atoms with E-state index in [1.165, 1.54) is 6.07 Å². The van der Waals surface area contributed by atoms with E-state index < -0.39 is 5.92 Å². The minimum Gasteiger partial charge on any atom is -0.342 e. The third kappa shape index (κ3) is 3.31. The van der Waals surface area contributed by atoms with Crippen LogP contribution in [0.15, 0.2) is 24.3 Å². The van der Waals surface area contributed by atoms with Crippen LogP contribution < -0.4 is 0 Å². The molecule has 3 nitrogen and oxygen atoms in total. The van der Waals surface area contributed by atoms with Crippen LogP contribution in [0.4, 0.5) is 4.39 Å². The molecule has 1 amide bonds. The molecule has 19 heavy (non-hydrogen) atoms. The molecule has 1 atom stereocenters. The van der Waals surface area contributed by atoms with Gasteiger partial charge in [0.1, 0.15) is 11.7 Å². The molecular formula is C15H17FN2O. The number of carbonyl (C=O) groups excluding carboxylic acids is 1. The Morgan fingerprint density at radius 2 is 2.00 bits per heavy atom. The molecule has 0 N–H and O–H groups in total. The van der Waals surface area contributed by atoms with Crippen molar-refractivity contribution in [2.45, 2.75) is 25.7 Å².